The largest absolute Gasteiger partial charge is 0.496 e. The lowest BCUT2D eigenvalue weighted by Gasteiger charge is -2.15. The maximum atomic E-state index is 12.8. The Morgan fingerprint density at radius 2 is 1.59 bits per heavy atom. The van der Waals surface area contributed by atoms with Gasteiger partial charge in [-0.1, -0.05) is 0 Å². The fraction of sp³-hybridized carbons (Fsp3) is 0.235. The van der Waals surface area contributed by atoms with Crippen LogP contribution in [0.4, 0.5) is 24.5 Å². The molecule has 156 valence electrons. The quantitative estimate of drug-likeness (QED) is 0.527. The molecule has 2 N–H and O–H groups in total. The third kappa shape index (κ3) is 4.78. The lowest BCUT2D eigenvalue weighted by atomic mass is 10.1. The van der Waals surface area contributed by atoms with Crippen LogP contribution in [-0.2, 0) is 6.18 Å². The van der Waals surface area contributed by atoms with E-state index in [4.69, 9.17) is 14.2 Å². The van der Waals surface area contributed by atoms with Gasteiger partial charge in [0.05, 0.1) is 37.4 Å². The summed E-state index contributed by atoms with van der Waals surface area (Å²) in [6.45, 7) is 0. The minimum Gasteiger partial charge on any atom is -0.496 e. The number of anilines is 1. The predicted molar refractivity (Wildman–Crippen MR) is 95.3 cm³/mol. The second-order valence-electron chi connectivity index (χ2n) is 5.47. The van der Waals surface area contributed by atoms with Crippen molar-refractivity contribution in [2.45, 2.75) is 6.18 Å². The van der Waals surface area contributed by atoms with Crippen molar-refractivity contribution >= 4 is 17.3 Å². The van der Waals surface area contributed by atoms with Crippen molar-refractivity contribution in [2.24, 2.45) is 0 Å². The zero-order chi connectivity index (χ0) is 21.8. The summed E-state index contributed by atoms with van der Waals surface area (Å²) in [5, 5.41) is 11.1. The maximum absolute atomic E-state index is 12.8. The minimum atomic E-state index is -4.75. The summed E-state index contributed by atoms with van der Waals surface area (Å²) in [7, 11) is 4.06. The molecular weight excluding hydrogens is 399 g/mol. The Kier molecular flexibility index (Phi) is 6.36. The van der Waals surface area contributed by atoms with Gasteiger partial charge in [0.15, 0.2) is 11.5 Å². The van der Waals surface area contributed by atoms with E-state index in [9.17, 15) is 28.1 Å². The van der Waals surface area contributed by atoms with Gasteiger partial charge >= 0.3 is 6.18 Å². The molecule has 0 unspecified atom stereocenters. The van der Waals surface area contributed by atoms with Crippen molar-refractivity contribution in [2.75, 3.05) is 26.8 Å². The number of amides is 1. The molecule has 0 aliphatic heterocycles. The first kappa shape index (κ1) is 21.6. The number of carbonyl (C=O) groups is 1. The number of hydrazine groups is 1. The van der Waals surface area contributed by atoms with Crippen LogP contribution in [0.15, 0.2) is 30.3 Å². The highest BCUT2D eigenvalue weighted by molar-refractivity contribution is 5.98. The molecule has 0 spiro atoms. The van der Waals surface area contributed by atoms with Gasteiger partial charge in [-0.25, -0.2) is 0 Å². The molecule has 0 radical (unpaired) electrons. The average Bonchev–Trinajstić information content (AvgIpc) is 2.69. The van der Waals surface area contributed by atoms with Crippen molar-refractivity contribution in [3.05, 3.63) is 51.6 Å². The molecule has 9 nitrogen and oxygen atoms in total. The van der Waals surface area contributed by atoms with E-state index in [2.05, 4.69) is 10.9 Å². The van der Waals surface area contributed by atoms with Crippen molar-refractivity contribution in [1.82, 2.24) is 5.43 Å². The minimum absolute atomic E-state index is 0.00721. The van der Waals surface area contributed by atoms with Crippen molar-refractivity contribution in [1.29, 1.82) is 0 Å². The van der Waals surface area contributed by atoms with Gasteiger partial charge in [-0.05, 0) is 12.1 Å². The standard InChI is InChI=1S/C17H16F3N3O6/c1-27-13-8-15(29-3)14(28-2)7-10(13)16(24)22-21-11-5-4-9(17(18,19)20)6-12(11)23(25)26/h4-8,21H,1-3H3,(H,22,24). The number of alkyl halides is 3. The van der Waals surface area contributed by atoms with Gasteiger partial charge in [0.2, 0.25) is 0 Å². The van der Waals surface area contributed by atoms with Crippen LogP contribution >= 0.6 is 0 Å². The summed E-state index contributed by atoms with van der Waals surface area (Å²) in [4.78, 5) is 22.6. The van der Waals surface area contributed by atoms with Crippen LogP contribution in [0.2, 0.25) is 0 Å². The number of carbonyl (C=O) groups excluding carboxylic acids is 1. The lowest BCUT2D eigenvalue weighted by molar-refractivity contribution is -0.384. The molecule has 1 amide bonds. The Morgan fingerprint density at radius 3 is 2.10 bits per heavy atom. The second kappa shape index (κ2) is 8.54. The number of rotatable bonds is 7. The molecule has 2 aromatic rings. The van der Waals surface area contributed by atoms with E-state index in [-0.39, 0.29) is 22.7 Å². The van der Waals surface area contributed by atoms with Gasteiger partial charge < -0.3 is 14.2 Å². The lowest BCUT2D eigenvalue weighted by Crippen LogP contribution is -2.30. The average molecular weight is 415 g/mol. The van der Waals surface area contributed by atoms with Crippen LogP contribution < -0.4 is 25.1 Å². The molecular formula is C17H16F3N3O6. The highest BCUT2D eigenvalue weighted by Gasteiger charge is 2.33. The number of benzene rings is 2. The maximum Gasteiger partial charge on any atom is 0.416 e. The number of nitrogens with zero attached hydrogens (tertiary/aromatic N) is 1. The molecule has 2 aromatic carbocycles. The van der Waals surface area contributed by atoms with Gasteiger partial charge in [0.25, 0.3) is 11.6 Å². The zero-order valence-corrected chi connectivity index (χ0v) is 15.4. The molecule has 0 saturated heterocycles. The zero-order valence-electron chi connectivity index (χ0n) is 15.4. The van der Waals surface area contributed by atoms with E-state index < -0.39 is 28.3 Å². The molecule has 0 aliphatic carbocycles. The Bertz CT molecular complexity index is 933. The van der Waals surface area contributed by atoms with Crippen molar-refractivity contribution in [3.8, 4) is 17.2 Å². The number of methoxy groups -OCH3 is 3. The number of nitro groups is 1. The monoisotopic (exact) mass is 415 g/mol. The van der Waals surface area contributed by atoms with Crippen LogP contribution in [0.1, 0.15) is 15.9 Å². The second-order valence-corrected chi connectivity index (χ2v) is 5.47. The Hall–Kier alpha value is -3.70. The predicted octanol–water partition coefficient (Wildman–Crippen LogP) is 3.40. The third-order valence-electron chi connectivity index (χ3n) is 3.78. The summed E-state index contributed by atoms with van der Waals surface area (Å²) < 4.78 is 53.6. The molecule has 0 saturated carbocycles. The smallest absolute Gasteiger partial charge is 0.416 e. The molecule has 0 heterocycles. The van der Waals surface area contributed by atoms with Crippen LogP contribution in [0.3, 0.4) is 0 Å². The van der Waals surface area contributed by atoms with E-state index in [1.807, 2.05) is 0 Å². The molecule has 29 heavy (non-hydrogen) atoms. The molecule has 0 atom stereocenters. The SMILES string of the molecule is COc1cc(OC)c(C(=O)NNc2ccc(C(F)(F)F)cc2[N+](=O)[O-])cc1OC. The Morgan fingerprint density at radius 1 is 1.00 bits per heavy atom. The Balaban J connectivity index is 2.30. The van der Waals surface area contributed by atoms with Crippen molar-refractivity contribution in [3.63, 3.8) is 0 Å². The van der Waals surface area contributed by atoms with Gasteiger partial charge in [0, 0.05) is 18.2 Å². The number of hydrogen-bond acceptors (Lipinski definition) is 7. The van der Waals surface area contributed by atoms with Gasteiger partial charge in [0.1, 0.15) is 11.4 Å². The highest BCUT2D eigenvalue weighted by atomic mass is 19.4. The fourth-order valence-electron chi connectivity index (χ4n) is 2.36. The summed E-state index contributed by atoms with van der Waals surface area (Å²) >= 11 is 0. The van der Waals surface area contributed by atoms with Crippen LogP contribution in [0.25, 0.3) is 0 Å². The molecule has 0 fully saturated rings. The molecule has 12 heteroatoms. The normalized spacial score (nSPS) is 10.8. The first-order chi connectivity index (χ1) is 13.6. The first-order valence-electron chi connectivity index (χ1n) is 7.84. The van der Waals surface area contributed by atoms with E-state index in [1.165, 1.54) is 33.5 Å². The molecule has 2 rings (SSSR count). The number of hydrogen-bond donors (Lipinski definition) is 2. The number of nitrogens with one attached hydrogen (secondary N) is 2. The summed E-state index contributed by atoms with van der Waals surface area (Å²) in [6.07, 6.45) is -4.75. The van der Waals surface area contributed by atoms with Crippen molar-refractivity contribution < 1.29 is 37.1 Å². The van der Waals surface area contributed by atoms with Crippen LogP contribution in [-0.4, -0.2) is 32.2 Å². The van der Waals surface area contributed by atoms with Gasteiger partial charge in [-0.15, -0.1) is 0 Å². The summed E-state index contributed by atoms with van der Waals surface area (Å²) in [5.41, 5.74) is 2.04. The Labute approximate surface area is 162 Å². The van der Waals surface area contributed by atoms with E-state index in [0.717, 1.165) is 6.07 Å². The third-order valence-corrected chi connectivity index (χ3v) is 3.78. The highest BCUT2D eigenvalue weighted by Crippen LogP contribution is 2.36. The summed E-state index contributed by atoms with van der Waals surface area (Å²) in [6, 6.07) is 4.57. The topological polar surface area (TPSA) is 112 Å². The van der Waals surface area contributed by atoms with Gasteiger partial charge in [-0.3, -0.25) is 25.8 Å². The number of ether oxygens (including phenoxy) is 3. The van der Waals surface area contributed by atoms with E-state index in [1.54, 1.807) is 0 Å². The fourth-order valence-corrected chi connectivity index (χ4v) is 2.36. The summed E-state index contributed by atoms with van der Waals surface area (Å²) in [5.74, 6) is -0.146. The van der Waals surface area contributed by atoms with Crippen LogP contribution in [0, 0.1) is 10.1 Å². The van der Waals surface area contributed by atoms with E-state index >= 15 is 0 Å². The first-order valence-corrected chi connectivity index (χ1v) is 7.84. The molecule has 0 aromatic heterocycles. The van der Waals surface area contributed by atoms with Crippen LogP contribution in [0.5, 0.6) is 17.2 Å². The van der Waals surface area contributed by atoms with Gasteiger partial charge in [-0.2, -0.15) is 13.2 Å². The number of halogens is 3. The molecule has 0 bridgehead atoms. The number of nitro benzene ring substituents is 1. The van der Waals surface area contributed by atoms with E-state index in [0.29, 0.717) is 17.9 Å². The molecule has 0 aliphatic rings.